The molecule has 0 radical (unpaired) electrons. The molecule has 0 spiro atoms. The maximum atomic E-state index is 11.3. The number of hydrogen-bond acceptors (Lipinski definition) is 8. The van der Waals surface area contributed by atoms with Gasteiger partial charge >= 0.3 is 5.69 Å². The van der Waals surface area contributed by atoms with Gasteiger partial charge in [-0.1, -0.05) is 24.3 Å². The molecule has 35 heavy (non-hydrogen) atoms. The fourth-order valence-corrected chi connectivity index (χ4v) is 3.80. The maximum Gasteiger partial charge on any atom is 0.311 e. The Labute approximate surface area is 197 Å². The molecule has 0 amide bonds. The van der Waals surface area contributed by atoms with E-state index in [1.165, 1.54) is 6.07 Å². The van der Waals surface area contributed by atoms with Crippen molar-refractivity contribution in [2.24, 2.45) is 0 Å². The highest BCUT2D eigenvalue weighted by Gasteiger charge is 2.18. The fourth-order valence-electron chi connectivity index (χ4n) is 3.80. The second-order valence-corrected chi connectivity index (χ2v) is 7.86. The molecule has 4 heterocycles. The Balaban J connectivity index is 1.28. The van der Waals surface area contributed by atoms with Gasteiger partial charge < -0.3 is 9.15 Å². The van der Waals surface area contributed by atoms with Crippen LogP contribution >= 0.6 is 0 Å². The Hall–Kier alpha value is -5.06. The number of fused-ring (bicyclic) bond motifs is 3. The molecule has 0 saturated heterocycles. The lowest BCUT2D eigenvalue weighted by Gasteiger charge is -2.05. The lowest BCUT2D eigenvalue weighted by molar-refractivity contribution is -0.386. The molecule has 0 aliphatic carbocycles. The number of nitro groups is 1. The summed E-state index contributed by atoms with van der Waals surface area (Å²) in [5.41, 5.74) is 2.84. The first-order valence-electron chi connectivity index (χ1n) is 10.7. The van der Waals surface area contributed by atoms with E-state index >= 15 is 0 Å². The van der Waals surface area contributed by atoms with Gasteiger partial charge in [-0.15, -0.1) is 5.10 Å². The summed E-state index contributed by atoms with van der Waals surface area (Å²) in [6.45, 7) is 1.81. The van der Waals surface area contributed by atoms with Crippen LogP contribution in [0.15, 0.2) is 77.6 Å². The highest BCUT2D eigenvalue weighted by atomic mass is 16.6. The van der Waals surface area contributed by atoms with Gasteiger partial charge in [0.15, 0.2) is 22.8 Å². The van der Waals surface area contributed by atoms with Crippen LogP contribution in [-0.4, -0.2) is 34.3 Å². The van der Waals surface area contributed by atoms with Crippen molar-refractivity contribution in [2.75, 3.05) is 0 Å². The summed E-state index contributed by atoms with van der Waals surface area (Å²) in [6.07, 6.45) is 3.29. The molecule has 4 aromatic heterocycles. The summed E-state index contributed by atoms with van der Waals surface area (Å²) < 4.78 is 14.8. The monoisotopic (exact) mass is 467 g/mol. The zero-order valence-corrected chi connectivity index (χ0v) is 18.4. The summed E-state index contributed by atoms with van der Waals surface area (Å²) in [5.74, 6) is 1.47. The Kier molecular flexibility index (Phi) is 4.73. The minimum Gasteiger partial charge on any atom is -0.479 e. The molecular formula is C24H17N7O4. The summed E-state index contributed by atoms with van der Waals surface area (Å²) >= 11 is 0. The number of aromatic nitrogens is 6. The summed E-state index contributed by atoms with van der Waals surface area (Å²) in [6, 6.07) is 18.0. The molecular weight excluding hydrogens is 450 g/mol. The molecule has 0 aliphatic heterocycles. The van der Waals surface area contributed by atoms with E-state index in [0.717, 1.165) is 16.6 Å². The minimum atomic E-state index is -0.467. The largest absolute Gasteiger partial charge is 0.479 e. The Morgan fingerprint density at radius 1 is 1.09 bits per heavy atom. The Morgan fingerprint density at radius 2 is 1.94 bits per heavy atom. The van der Waals surface area contributed by atoms with Crippen LogP contribution in [0.4, 0.5) is 5.69 Å². The highest BCUT2D eigenvalue weighted by molar-refractivity contribution is 5.89. The van der Waals surface area contributed by atoms with Crippen LogP contribution in [-0.2, 0) is 6.61 Å². The third kappa shape index (κ3) is 3.64. The standard InChI is InChI=1S/C24H17N7O4/c1-15-7-9-20(19(11-15)31(32)33)34-13-17-8-10-21(35-17)22-27-24-18-12-26-30(16-5-3-2-4-6-16)23(18)25-14-29(24)28-22/h2-12,14H,13H2,1H3. The normalized spacial score (nSPS) is 11.3. The van der Waals surface area contributed by atoms with Crippen molar-refractivity contribution >= 4 is 22.4 Å². The van der Waals surface area contributed by atoms with Crippen LogP contribution in [0.2, 0.25) is 0 Å². The van der Waals surface area contributed by atoms with Gasteiger partial charge in [-0.2, -0.15) is 5.10 Å². The van der Waals surface area contributed by atoms with Crippen LogP contribution in [0.5, 0.6) is 5.75 Å². The second-order valence-electron chi connectivity index (χ2n) is 7.86. The van der Waals surface area contributed by atoms with Crippen LogP contribution in [0.1, 0.15) is 11.3 Å². The predicted octanol–water partition coefficient (Wildman–Crippen LogP) is 4.52. The predicted molar refractivity (Wildman–Crippen MR) is 125 cm³/mol. The van der Waals surface area contributed by atoms with Crippen LogP contribution in [0.3, 0.4) is 0 Å². The average Bonchev–Trinajstić information content (AvgIpc) is 3.61. The summed E-state index contributed by atoms with van der Waals surface area (Å²) in [7, 11) is 0. The average molecular weight is 467 g/mol. The van der Waals surface area contributed by atoms with E-state index < -0.39 is 4.92 Å². The third-order valence-corrected chi connectivity index (χ3v) is 5.47. The molecule has 0 saturated carbocycles. The number of furan rings is 1. The van der Waals surface area contributed by atoms with Gasteiger partial charge in [0.1, 0.15) is 18.7 Å². The molecule has 0 atom stereocenters. The van der Waals surface area contributed by atoms with Gasteiger partial charge in [-0.3, -0.25) is 10.1 Å². The van der Waals surface area contributed by atoms with E-state index in [9.17, 15) is 10.1 Å². The number of hydrogen-bond donors (Lipinski definition) is 0. The molecule has 0 aliphatic rings. The van der Waals surface area contributed by atoms with Crippen LogP contribution in [0.25, 0.3) is 34.0 Å². The molecule has 11 heteroatoms. The molecule has 6 rings (SSSR count). The van der Waals surface area contributed by atoms with Crippen molar-refractivity contribution in [3.8, 4) is 23.0 Å². The first kappa shape index (κ1) is 20.5. The summed E-state index contributed by atoms with van der Waals surface area (Å²) in [5, 5.41) is 21.0. The first-order chi connectivity index (χ1) is 17.1. The lowest BCUT2D eigenvalue weighted by atomic mass is 10.2. The van der Waals surface area contributed by atoms with E-state index in [1.807, 2.05) is 30.3 Å². The van der Waals surface area contributed by atoms with Gasteiger partial charge in [0.2, 0.25) is 5.82 Å². The first-order valence-corrected chi connectivity index (χ1v) is 10.7. The number of aryl methyl sites for hydroxylation is 1. The SMILES string of the molecule is Cc1ccc(OCc2ccc(-c3nc4c5cnn(-c6ccccc6)c5ncn4n3)o2)c([N+](=O)[O-])c1. The highest BCUT2D eigenvalue weighted by Crippen LogP contribution is 2.29. The molecule has 11 nitrogen and oxygen atoms in total. The second kappa shape index (κ2) is 8.06. The minimum absolute atomic E-state index is 0.0208. The topological polar surface area (TPSA) is 126 Å². The van der Waals surface area contributed by atoms with E-state index in [2.05, 4.69) is 20.2 Å². The molecule has 0 fully saturated rings. The Bertz CT molecular complexity index is 1700. The van der Waals surface area contributed by atoms with Crippen molar-refractivity contribution in [2.45, 2.75) is 13.5 Å². The molecule has 0 bridgehead atoms. The van der Waals surface area contributed by atoms with E-state index in [0.29, 0.717) is 28.6 Å². The Morgan fingerprint density at radius 3 is 2.77 bits per heavy atom. The van der Waals surface area contributed by atoms with E-state index in [-0.39, 0.29) is 18.0 Å². The number of nitro benzene ring substituents is 1. The number of nitrogens with zero attached hydrogens (tertiary/aromatic N) is 7. The van der Waals surface area contributed by atoms with Crippen LogP contribution in [0, 0.1) is 17.0 Å². The number of ether oxygens (including phenoxy) is 1. The van der Waals surface area contributed by atoms with Crippen molar-refractivity contribution in [1.82, 2.24) is 29.4 Å². The smallest absolute Gasteiger partial charge is 0.311 e. The van der Waals surface area contributed by atoms with Crippen molar-refractivity contribution in [3.05, 3.63) is 94.6 Å². The van der Waals surface area contributed by atoms with Crippen molar-refractivity contribution in [3.63, 3.8) is 0 Å². The van der Waals surface area contributed by atoms with Crippen LogP contribution < -0.4 is 4.74 Å². The fraction of sp³-hybridized carbons (Fsp3) is 0.0833. The quantitative estimate of drug-likeness (QED) is 0.258. The maximum absolute atomic E-state index is 11.3. The molecule has 0 unspecified atom stereocenters. The number of para-hydroxylation sites is 1. The molecule has 0 N–H and O–H groups in total. The zero-order valence-electron chi connectivity index (χ0n) is 18.4. The lowest BCUT2D eigenvalue weighted by Crippen LogP contribution is -1.98. The third-order valence-electron chi connectivity index (χ3n) is 5.47. The van der Waals surface area contributed by atoms with E-state index in [4.69, 9.17) is 9.15 Å². The zero-order chi connectivity index (χ0) is 23.9. The number of benzene rings is 2. The molecule has 6 aromatic rings. The van der Waals surface area contributed by atoms with Gasteiger partial charge in [-0.05, 0) is 42.8 Å². The van der Waals surface area contributed by atoms with Gasteiger partial charge in [0.25, 0.3) is 0 Å². The van der Waals surface area contributed by atoms with E-state index in [1.54, 1.807) is 52.9 Å². The van der Waals surface area contributed by atoms with Gasteiger partial charge in [0, 0.05) is 6.07 Å². The van der Waals surface area contributed by atoms with Crippen molar-refractivity contribution in [1.29, 1.82) is 0 Å². The van der Waals surface area contributed by atoms with Crippen molar-refractivity contribution < 1.29 is 14.1 Å². The van der Waals surface area contributed by atoms with Gasteiger partial charge in [0.05, 0.1) is 22.2 Å². The number of rotatable bonds is 6. The summed E-state index contributed by atoms with van der Waals surface area (Å²) in [4.78, 5) is 20.0. The molecule has 172 valence electrons. The molecule has 2 aromatic carbocycles. The van der Waals surface area contributed by atoms with Gasteiger partial charge in [-0.25, -0.2) is 19.2 Å².